The molecule has 136 valence electrons. The third-order valence-electron chi connectivity index (χ3n) is 4.29. The first-order chi connectivity index (χ1) is 12.0. The van der Waals surface area contributed by atoms with Crippen LogP contribution in [0.1, 0.15) is 31.1 Å². The fraction of sp³-hybridized carbons (Fsp3) is 0.579. The van der Waals surface area contributed by atoms with Crippen molar-refractivity contribution >= 4 is 0 Å². The lowest BCUT2D eigenvalue weighted by Gasteiger charge is -2.33. The van der Waals surface area contributed by atoms with Crippen molar-refractivity contribution in [1.29, 1.82) is 0 Å². The van der Waals surface area contributed by atoms with E-state index in [2.05, 4.69) is 47.0 Å². The van der Waals surface area contributed by atoms with Crippen LogP contribution >= 0.6 is 0 Å². The molecule has 1 aromatic carbocycles. The molecule has 1 aromatic heterocycles. The number of morpholine rings is 1. The Kier molecular flexibility index (Phi) is 5.71. The molecule has 2 heterocycles. The maximum Gasteiger partial charge on any atom is 0.147 e. The molecule has 6 heteroatoms. The Balaban J connectivity index is 1.63. The maximum atomic E-state index is 5.95. The number of ether oxygens (including phenoxy) is 2. The summed E-state index contributed by atoms with van der Waals surface area (Å²) in [5.74, 6) is 2.72. The smallest absolute Gasteiger partial charge is 0.147 e. The molecule has 0 aliphatic carbocycles. The number of benzene rings is 1. The second kappa shape index (κ2) is 7.97. The van der Waals surface area contributed by atoms with Crippen LogP contribution in [0, 0.1) is 13.8 Å². The SMILES string of the molecule is Cc1nc(C)n(C[C@H]2CN(Cc3ccccc3OC(C)C)CCO2)n1. The van der Waals surface area contributed by atoms with Gasteiger partial charge in [0.05, 0.1) is 25.4 Å². The van der Waals surface area contributed by atoms with Crippen molar-refractivity contribution in [2.45, 2.75) is 53.0 Å². The van der Waals surface area contributed by atoms with Gasteiger partial charge in [-0.1, -0.05) is 18.2 Å². The monoisotopic (exact) mass is 344 g/mol. The van der Waals surface area contributed by atoms with Crippen molar-refractivity contribution in [2.24, 2.45) is 0 Å². The molecule has 2 aromatic rings. The summed E-state index contributed by atoms with van der Waals surface area (Å²) in [6.45, 7) is 12.2. The lowest BCUT2D eigenvalue weighted by atomic mass is 10.1. The predicted molar refractivity (Wildman–Crippen MR) is 96.7 cm³/mol. The van der Waals surface area contributed by atoms with E-state index < -0.39 is 0 Å². The summed E-state index contributed by atoms with van der Waals surface area (Å²) in [6.07, 6.45) is 0.309. The van der Waals surface area contributed by atoms with Crippen molar-refractivity contribution in [3.63, 3.8) is 0 Å². The fourth-order valence-electron chi connectivity index (χ4n) is 3.21. The molecule has 0 amide bonds. The summed E-state index contributed by atoms with van der Waals surface area (Å²) in [7, 11) is 0. The zero-order valence-electron chi connectivity index (χ0n) is 15.6. The number of hydrogen-bond acceptors (Lipinski definition) is 5. The van der Waals surface area contributed by atoms with Gasteiger partial charge >= 0.3 is 0 Å². The topological polar surface area (TPSA) is 52.4 Å². The number of para-hydroxylation sites is 1. The molecule has 1 fully saturated rings. The third-order valence-corrected chi connectivity index (χ3v) is 4.29. The van der Waals surface area contributed by atoms with E-state index in [1.807, 2.05) is 24.6 Å². The summed E-state index contributed by atoms with van der Waals surface area (Å²) in [4.78, 5) is 6.80. The summed E-state index contributed by atoms with van der Waals surface area (Å²) in [5.41, 5.74) is 1.23. The highest BCUT2D eigenvalue weighted by Gasteiger charge is 2.23. The highest BCUT2D eigenvalue weighted by molar-refractivity contribution is 5.33. The molecule has 1 aliphatic heterocycles. The molecule has 0 radical (unpaired) electrons. The van der Waals surface area contributed by atoms with Gasteiger partial charge in [-0.2, -0.15) is 5.10 Å². The summed E-state index contributed by atoms with van der Waals surface area (Å²) in [5, 5.41) is 4.45. The molecule has 0 N–H and O–H groups in total. The average molecular weight is 344 g/mol. The van der Waals surface area contributed by atoms with E-state index >= 15 is 0 Å². The van der Waals surface area contributed by atoms with E-state index in [9.17, 15) is 0 Å². The average Bonchev–Trinajstić information content (AvgIpc) is 2.87. The first-order valence-electron chi connectivity index (χ1n) is 8.98. The van der Waals surface area contributed by atoms with Gasteiger partial charge in [0.2, 0.25) is 0 Å². The first-order valence-corrected chi connectivity index (χ1v) is 8.98. The lowest BCUT2D eigenvalue weighted by Crippen LogP contribution is -2.44. The number of nitrogens with zero attached hydrogens (tertiary/aromatic N) is 4. The van der Waals surface area contributed by atoms with E-state index in [4.69, 9.17) is 9.47 Å². The molecule has 1 saturated heterocycles. The van der Waals surface area contributed by atoms with E-state index in [1.165, 1.54) is 5.56 Å². The van der Waals surface area contributed by atoms with Gasteiger partial charge in [0.1, 0.15) is 17.4 Å². The minimum Gasteiger partial charge on any atom is -0.491 e. The number of aromatic nitrogens is 3. The molecule has 6 nitrogen and oxygen atoms in total. The Hall–Kier alpha value is -1.92. The van der Waals surface area contributed by atoms with E-state index in [0.717, 1.165) is 50.2 Å². The van der Waals surface area contributed by atoms with E-state index in [0.29, 0.717) is 0 Å². The van der Waals surface area contributed by atoms with Crippen molar-refractivity contribution in [2.75, 3.05) is 19.7 Å². The van der Waals surface area contributed by atoms with Gasteiger partial charge in [-0.15, -0.1) is 0 Å². The second-order valence-corrected chi connectivity index (χ2v) is 6.89. The van der Waals surface area contributed by atoms with Crippen LogP contribution in [-0.2, 0) is 17.8 Å². The molecule has 1 aliphatic rings. The minimum absolute atomic E-state index is 0.131. The molecule has 1 atom stereocenters. The normalized spacial score (nSPS) is 18.7. The zero-order valence-corrected chi connectivity index (χ0v) is 15.6. The standard InChI is InChI=1S/C19H28N4O2/c1-14(2)25-19-8-6-5-7-17(19)11-22-9-10-24-18(12-22)13-23-16(4)20-15(3)21-23/h5-8,14,18H,9-13H2,1-4H3/t18-/m1/s1. The van der Waals surface area contributed by atoms with Crippen molar-refractivity contribution in [3.8, 4) is 5.75 Å². The van der Waals surface area contributed by atoms with Crippen LogP contribution in [0.3, 0.4) is 0 Å². The van der Waals surface area contributed by atoms with Gasteiger partial charge in [-0.05, 0) is 33.8 Å². The second-order valence-electron chi connectivity index (χ2n) is 6.89. The fourth-order valence-corrected chi connectivity index (χ4v) is 3.21. The molecule has 0 saturated carbocycles. The van der Waals surface area contributed by atoms with Crippen molar-refractivity contribution in [1.82, 2.24) is 19.7 Å². The Labute approximate surface area is 149 Å². The highest BCUT2D eigenvalue weighted by atomic mass is 16.5. The van der Waals surface area contributed by atoms with Crippen LogP contribution < -0.4 is 4.74 Å². The van der Waals surface area contributed by atoms with Crippen LogP contribution in [0.5, 0.6) is 5.75 Å². The summed E-state index contributed by atoms with van der Waals surface area (Å²) >= 11 is 0. The Bertz CT molecular complexity index is 698. The zero-order chi connectivity index (χ0) is 17.8. The largest absolute Gasteiger partial charge is 0.491 e. The minimum atomic E-state index is 0.131. The molecule has 0 spiro atoms. The Morgan fingerprint density at radius 2 is 2.08 bits per heavy atom. The van der Waals surface area contributed by atoms with Gasteiger partial charge in [0, 0.05) is 25.2 Å². The Morgan fingerprint density at radius 3 is 2.80 bits per heavy atom. The number of hydrogen-bond donors (Lipinski definition) is 0. The summed E-state index contributed by atoms with van der Waals surface area (Å²) < 4.78 is 13.8. The van der Waals surface area contributed by atoms with Gasteiger partial charge in [-0.25, -0.2) is 9.67 Å². The van der Waals surface area contributed by atoms with E-state index in [1.54, 1.807) is 0 Å². The van der Waals surface area contributed by atoms with E-state index in [-0.39, 0.29) is 12.2 Å². The van der Waals surface area contributed by atoms with Crippen LogP contribution in [0.15, 0.2) is 24.3 Å². The third kappa shape index (κ3) is 4.80. The van der Waals surface area contributed by atoms with Crippen LogP contribution in [0.2, 0.25) is 0 Å². The predicted octanol–water partition coefficient (Wildman–Crippen LogP) is 2.58. The van der Waals surface area contributed by atoms with Crippen molar-refractivity contribution < 1.29 is 9.47 Å². The molecular weight excluding hydrogens is 316 g/mol. The molecule has 0 bridgehead atoms. The maximum absolute atomic E-state index is 5.95. The molecule has 25 heavy (non-hydrogen) atoms. The number of aryl methyl sites for hydroxylation is 2. The van der Waals surface area contributed by atoms with Gasteiger partial charge in [0.25, 0.3) is 0 Å². The van der Waals surface area contributed by atoms with Gasteiger partial charge < -0.3 is 9.47 Å². The Morgan fingerprint density at radius 1 is 1.28 bits per heavy atom. The van der Waals surface area contributed by atoms with Crippen LogP contribution in [0.25, 0.3) is 0 Å². The highest BCUT2D eigenvalue weighted by Crippen LogP contribution is 2.22. The van der Waals surface area contributed by atoms with Gasteiger partial charge in [0.15, 0.2) is 0 Å². The summed E-state index contributed by atoms with van der Waals surface area (Å²) in [6, 6.07) is 8.29. The molecular formula is C19H28N4O2. The first kappa shape index (κ1) is 17.9. The molecule has 0 unspecified atom stereocenters. The van der Waals surface area contributed by atoms with Gasteiger partial charge in [-0.3, -0.25) is 4.90 Å². The van der Waals surface area contributed by atoms with Crippen LogP contribution in [-0.4, -0.2) is 51.6 Å². The van der Waals surface area contributed by atoms with Crippen LogP contribution in [0.4, 0.5) is 0 Å². The van der Waals surface area contributed by atoms with Crippen molar-refractivity contribution in [3.05, 3.63) is 41.5 Å². The quantitative estimate of drug-likeness (QED) is 0.806. The number of rotatable bonds is 6. The lowest BCUT2D eigenvalue weighted by molar-refractivity contribution is -0.0407. The molecule has 3 rings (SSSR count).